The summed E-state index contributed by atoms with van der Waals surface area (Å²) in [5.41, 5.74) is 2.11. The van der Waals surface area contributed by atoms with Gasteiger partial charge in [-0.05, 0) is 41.3 Å². The van der Waals surface area contributed by atoms with Gasteiger partial charge in [0, 0.05) is 18.9 Å². The molecule has 184 valence electrons. The molecule has 2 saturated heterocycles. The normalized spacial score (nSPS) is 25.6. The van der Waals surface area contributed by atoms with Crippen LogP contribution in [0.15, 0.2) is 78.9 Å². The highest BCUT2D eigenvalue weighted by atomic mass is 19.4. The van der Waals surface area contributed by atoms with Crippen molar-refractivity contribution in [3.05, 3.63) is 107 Å². The average Bonchev–Trinajstić information content (AvgIpc) is 2.86. The van der Waals surface area contributed by atoms with Crippen molar-refractivity contribution in [3.8, 4) is 0 Å². The van der Waals surface area contributed by atoms with Crippen LogP contribution < -0.4 is 0 Å². The third-order valence-corrected chi connectivity index (χ3v) is 6.98. The molecule has 0 amide bonds. The van der Waals surface area contributed by atoms with E-state index in [0.29, 0.717) is 44.7 Å². The standard InChI is InChI=1S/C28H27F4NO2/c29-25-11-9-21(10-12-25)26-18-35-27(19-33(26)16-20-5-2-1-3-6-20)14-13-23(17-34-27)22-7-4-8-24(15-22)28(30,31)32/h1-12,15,23,26H,13-14,16-19H2. The smallest absolute Gasteiger partial charge is 0.348 e. The quantitative estimate of drug-likeness (QED) is 0.384. The van der Waals surface area contributed by atoms with Crippen LogP contribution >= 0.6 is 0 Å². The minimum atomic E-state index is -4.37. The fraction of sp³-hybridized carbons (Fsp3) is 0.357. The first-order valence-electron chi connectivity index (χ1n) is 11.8. The van der Waals surface area contributed by atoms with Crippen molar-refractivity contribution >= 4 is 0 Å². The van der Waals surface area contributed by atoms with Crippen molar-refractivity contribution in [2.75, 3.05) is 19.8 Å². The molecule has 7 heteroatoms. The monoisotopic (exact) mass is 485 g/mol. The molecule has 3 aromatic carbocycles. The molecule has 0 aromatic heterocycles. The molecular weight excluding hydrogens is 458 g/mol. The summed E-state index contributed by atoms with van der Waals surface area (Å²) in [5.74, 6) is -1.22. The van der Waals surface area contributed by atoms with E-state index >= 15 is 0 Å². The lowest BCUT2D eigenvalue weighted by Crippen LogP contribution is -2.56. The summed E-state index contributed by atoms with van der Waals surface area (Å²) in [5, 5.41) is 0. The number of morpholine rings is 1. The summed E-state index contributed by atoms with van der Waals surface area (Å²) in [7, 11) is 0. The van der Waals surface area contributed by atoms with Gasteiger partial charge in [0.1, 0.15) is 5.82 Å². The van der Waals surface area contributed by atoms with Crippen LogP contribution in [0.2, 0.25) is 0 Å². The molecule has 3 aromatic rings. The molecule has 3 unspecified atom stereocenters. The van der Waals surface area contributed by atoms with Gasteiger partial charge in [-0.15, -0.1) is 0 Å². The molecule has 3 atom stereocenters. The van der Waals surface area contributed by atoms with E-state index in [1.807, 2.05) is 18.2 Å². The number of ether oxygens (including phenoxy) is 2. The number of nitrogens with zero attached hydrogens (tertiary/aromatic N) is 1. The number of hydrogen-bond donors (Lipinski definition) is 0. The molecule has 0 bridgehead atoms. The van der Waals surface area contributed by atoms with E-state index in [1.54, 1.807) is 18.2 Å². The second-order valence-electron chi connectivity index (χ2n) is 9.35. The van der Waals surface area contributed by atoms with Crippen LogP contribution in [0.3, 0.4) is 0 Å². The van der Waals surface area contributed by atoms with E-state index < -0.39 is 17.5 Å². The van der Waals surface area contributed by atoms with E-state index in [4.69, 9.17) is 9.47 Å². The van der Waals surface area contributed by atoms with E-state index in [-0.39, 0.29) is 17.8 Å². The Morgan fingerprint density at radius 1 is 0.857 bits per heavy atom. The van der Waals surface area contributed by atoms with Crippen LogP contribution in [0, 0.1) is 5.82 Å². The zero-order valence-electron chi connectivity index (χ0n) is 19.2. The zero-order chi connectivity index (χ0) is 24.5. The van der Waals surface area contributed by atoms with Gasteiger partial charge < -0.3 is 9.47 Å². The zero-order valence-corrected chi connectivity index (χ0v) is 19.2. The molecule has 0 radical (unpaired) electrons. The fourth-order valence-corrected chi connectivity index (χ4v) is 5.05. The third-order valence-electron chi connectivity index (χ3n) is 6.98. The summed E-state index contributed by atoms with van der Waals surface area (Å²) in [6.07, 6.45) is -3.12. The number of benzene rings is 3. The maximum atomic E-state index is 13.5. The van der Waals surface area contributed by atoms with Gasteiger partial charge in [0.15, 0.2) is 5.79 Å². The van der Waals surface area contributed by atoms with Crippen LogP contribution in [0.1, 0.15) is 47.1 Å². The van der Waals surface area contributed by atoms with Gasteiger partial charge in [0.05, 0.1) is 31.4 Å². The molecule has 0 saturated carbocycles. The van der Waals surface area contributed by atoms with Gasteiger partial charge in [-0.1, -0.05) is 60.7 Å². The van der Waals surface area contributed by atoms with Gasteiger partial charge in [0.2, 0.25) is 0 Å². The van der Waals surface area contributed by atoms with Gasteiger partial charge in [-0.3, -0.25) is 4.90 Å². The molecule has 35 heavy (non-hydrogen) atoms. The van der Waals surface area contributed by atoms with Crippen molar-refractivity contribution in [2.45, 2.75) is 43.3 Å². The molecule has 2 aliphatic heterocycles. The maximum absolute atomic E-state index is 13.5. The van der Waals surface area contributed by atoms with Gasteiger partial charge in [0.25, 0.3) is 0 Å². The molecule has 5 rings (SSSR count). The van der Waals surface area contributed by atoms with Crippen molar-refractivity contribution in [2.24, 2.45) is 0 Å². The fourth-order valence-electron chi connectivity index (χ4n) is 5.05. The third kappa shape index (κ3) is 5.42. The SMILES string of the molecule is Fc1ccc(C2COC3(CCC(c4cccc(C(F)(F)F)c4)CO3)CN2Cc2ccccc2)cc1. The predicted octanol–water partition coefficient (Wildman–Crippen LogP) is 6.71. The van der Waals surface area contributed by atoms with E-state index in [2.05, 4.69) is 17.0 Å². The Hall–Kier alpha value is -2.74. The Labute approximate surface area is 202 Å². The Balaban J connectivity index is 1.32. The largest absolute Gasteiger partial charge is 0.416 e. The minimum Gasteiger partial charge on any atom is -0.348 e. The first kappa shape index (κ1) is 24.0. The van der Waals surface area contributed by atoms with Crippen molar-refractivity contribution in [3.63, 3.8) is 0 Å². The summed E-state index contributed by atoms with van der Waals surface area (Å²) in [6.45, 7) is 1.86. The molecule has 1 spiro atoms. The molecule has 2 aliphatic rings. The lowest BCUT2D eigenvalue weighted by atomic mass is 9.88. The van der Waals surface area contributed by atoms with Crippen molar-refractivity contribution < 1.29 is 27.0 Å². The lowest BCUT2D eigenvalue weighted by Gasteiger charge is -2.49. The second kappa shape index (κ2) is 9.72. The topological polar surface area (TPSA) is 21.7 Å². The summed E-state index contributed by atoms with van der Waals surface area (Å²) >= 11 is 0. The summed E-state index contributed by atoms with van der Waals surface area (Å²) < 4.78 is 65.6. The van der Waals surface area contributed by atoms with Gasteiger partial charge in [-0.25, -0.2) is 4.39 Å². The average molecular weight is 486 g/mol. The highest BCUT2D eigenvalue weighted by Crippen LogP contribution is 2.41. The maximum Gasteiger partial charge on any atom is 0.416 e. The highest BCUT2D eigenvalue weighted by molar-refractivity contribution is 5.29. The van der Waals surface area contributed by atoms with Gasteiger partial charge >= 0.3 is 6.18 Å². The predicted molar refractivity (Wildman–Crippen MR) is 124 cm³/mol. The first-order chi connectivity index (χ1) is 16.8. The minimum absolute atomic E-state index is 0.0637. The number of alkyl halides is 3. The van der Waals surface area contributed by atoms with Crippen LogP contribution in [0.4, 0.5) is 17.6 Å². The number of hydrogen-bond acceptors (Lipinski definition) is 3. The van der Waals surface area contributed by atoms with Crippen LogP contribution in [-0.4, -0.2) is 30.4 Å². The second-order valence-corrected chi connectivity index (χ2v) is 9.35. The molecule has 2 heterocycles. The molecule has 0 N–H and O–H groups in total. The molecule has 2 fully saturated rings. The molecule has 3 nitrogen and oxygen atoms in total. The Bertz CT molecular complexity index is 1130. The Morgan fingerprint density at radius 2 is 1.60 bits per heavy atom. The van der Waals surface area contributed by atoms with Crippen LogP contribution in [-0.2, 0) is 22.2 Å². The molecule has 0 aliphatic carbocycles. The van der Waals surface area contributed by atoms with Gasteiger partial charge in [-0.2, -0.15) is 13.2 Å². The Kier molecular flexibility index (Phi) is 6.66. The van der Waals surface area contributed by atoms with E-state index in [1.165, 1.54) is 24.3 Å². The van der Waals surface area contributed by atoms with E-state index in [0.717, 1.165) is 17.2 Å². The van der Waals surface area contributed by atoms with Crippen molar-refractivity contribution in [1.82, 2.24) is 4.90 Å². The summed E-state index contributed by atoms with van der Waals surface area (Å²) in [4.78, 5) is 2.29. The number of halogens is 4. The first-order valence-corrected chi connectivity index (χ1v) is 11.8. The number of rotatable bonds is 4. The van der Waals surface area contributed by atoms with Crippen LogP contribution in [0.5, 0.6) is 0 Å². The van der Waals surface area contributed by atoms with E-state index in [9.17, 15) is 17.6 Å². The van der Waals surface area contributed by atoms with Crippen molar-refractivity contribution in [1.29, 1.82) is 0 Å². The molecular formula is C28H27F4NO2. The Morgan fingerprint density at radius 3 is 2.29 bits per heavy atom. The summed E-state index contributed by atoms with van der Waals surface area (Å²) in [6, 6.07) is 22.0. The highest BCUT2D eigenvalue weighted by Gasteiger charge is 2.45. The lowest BCUT2D eigenvalue weighted by molar-refractivity contribution is -0.297. The van der Waals surface area contributed by atoms with Crippen LogP contribution in [0.25, 0.3) is 0 Å².